The summed E-state index contributed by atoms with van der Waals surface area (Å²) in [5.41, 5.74) is 43.0. The van der Waals surface area contributed by atoms with Crippen molar-refractivity contribution < 1.29 is 57.6 Å². The van der Waals surface area contributed by atoms with Crippen molar-refractivity contribution >= 4 is 141 Å². The van der Waals surface area contributed by atoms with Gasteiger partial charge >= 0.3 is 5.97 Å². The lowest BCUT2D eigenvalue weighted by Crippen LogP contribution is -2.20. The van der Waals surface area contributed by atoms with Gasteiger partial charge in [-0.1, -0.05) is 24.3 Å². The number of hydrogen-bond acceptors (Lipinski definition) is 20. The van der Waals surface area contributed by atoms with Crippen LogP contribution in [0.4, 0.5) is 23.8 Å². The van der Waals surface area contributed by atoms with Crippen LogP contribution in [0.15, 0.2) is 100.0 Å². The van der Waals surface area contributed by atoms with E-state index in [0.29, 0.717) is 159 Å². The standard InChI is InChI=1S/C38H43BrN12O6.C24H27BrN8O4.C7H10N2O2/c1-6-50-28(15-21(3)46-50)35(54)44-37-42-26-18-23(33(40)52)17-25(39)31(26)48(37)11-8-9-12-49-32-27(19-24(34(41)53)20-30(32)57-14-10-13-56-5)43-38(49)45-36(55)29-16-22(4)47-51(29)7-2;1-36-7-4-8-37-18-12-14(22(27)35)11-17-20(18)33(24(29)31-17)6-3-2-5-32-19-15(25)9-13(21(26)34)10-16(19)30-23(32)28;1-3-9-6(7(10)11)4-5(2)8-9/h8-9,15-20H,6-7,10-14H2,1-5H3,(H2,40,52)(H2,41,53)(H,42,44,54)(H,43,45,55);2-3,9-12H,4-8H2,1H3,(H2,26,34)(H2,27,35)(H2,28,30)(H2,29,31);4H,3H2,1-2H3,(H,10,11)/b9-8+;3-2+;. The maximum absolute atomic E-state index is 13.7. The van der Waals surface area contributed by atoms with E-state index in [-0.39, 0.29) is 59.9 Å². The molecule has 6 amide bonds. The quantitative estimate of drug-likeness (QED) is 0.0154. The maximum Gasteiger partial charge on any atom is 0.354 e. The van der Waals surface area contributed by atoms with Crippen molar-refractivity contribution in [1.29, 1.82) is 0 Å². The average Bonchev–Trinajstić information content (AvgIpc) is 1.66. The second-order valence-electron chi connectivity index (χ2n) is 23.6. The van der Waals surface area contributed by atoms with Crippen molar-refractivity contribution in [3.05, 3.63) is 156 Å². The molecule has 0 aliphatic heterocycles. The van der Waals surface area contributed by atoms with Gasteiger partial charge in [0.15, 0.2) is 0 Å². The summed E-state index contributed by atoms with van der Waals surface area (Å²) >= 11 is 7.05. The molecule has 15 N–H and O–H groups in total. The number of carbonyl (C=O) groups excluding carboxylic acids is 6. The molecule has 0 saturated heterocycles. The number of carbonyl (C=O) groups is 7. The monoisotopic (exact) mass is 1570 g/mol. The van der Waals surface area contributed by atoms with Gasteiger partial charge in [0.25, 0.3) is 11.8 Å². The van der Waals surface area contributed by atoms with Crippen LogP contribution in [0.3, 0.4) is 0 Å². The van der Waals surface area contributed by atoms with E-state index in [2.05, 4.69) is 72.7 Å². The molecule has 11 rings (SSSR count). The Morgan fingerprint density at radius 3 is 1.13 bits per heavy atom. The van der Waals surface area contributed by atoms with Crippen LogP contribution in [0, 0.1) is 20.8 Å². The zero-order valence-corrected chi connectivity index (χ0v) is 61.9. The molecule has 0 saturated carbocycles. The van der Waals surface area contributed by atoms with Gasteiger partial charge in [-0.05, 0) is 140 Å². The normalized spacial score (nSPS) is 11.4. The first-order chi connectivity index (χ1) is 50.2. The molecule has 105 heavy (non-hydrogen) atoms. The number of benzene rings is 4. The van der Waals surface area contributed by atoms with Crippen LogP contribution in [0.25, 0.3) is 44.1 Å². The Hall–Kier alpha value is -11.8. The Balaban J connectivity index is 0.000000226. The van der Waals surface area contributed by atoms with Crippen LogP contribution in [-0.4, -0.2) is 155 Å². The van der Waals surface area contributed by atoms with Crippen molar-refractivity contribution in [2.24, 2.45) is 22.9 Å². The number of nitrogens with zero attached hydrogens (tertiary/aromatic N) is 14. The van der Waals surface area contributed by atoms with Crippen LogP contribution in [0.2, 0.25) is 0 Å². The Labute approximate surface area is 616 Å². The third-order valence-electron chi connectivity index (χ3n) is 16.1. The summed E-state index contributed by atoms with van der Waals surface area (Å²) in [5.74, 6) is -2.44. The lowest BCUT2D eigenvalue weighted by atomic mass is 10.1. The molecule has 0 aliphatic rings. The summed E-state index contributed by atoms with van der Waals surface area (Å²) < 4.78 is 35.3. The Kier molecular flexibility index (Phi) is 25.4. The molecular weight excluding hydrogens is 1490 g/mol. The minimum Gasteiger partial charge on any atom is -0.491 e. The number of halogens is 2. The summed E-state index contributed by atoms with van der Waals surface area (Å²) in [7, 11) is 3.21. The summed E-state index contributed by atoms with van der Waals surface area (Å²) in [6.45, 7) is 15.4. The van der Waals surface area contributed by atoms with E-state index in [9.17, 15) is 33.6 Å². The molecule has 0 atom stereocenters. The smallest absolute Gasteiger partial charge is 0.354 e. The molecule has 7 heterocycles. The third kappa shape index (κ3) is 18.0. The van der Waals surface area contributed by atoms with E-state index in [0.717, 1.165) is 11.2 Å². The molecule has 0 aliphatic carbocycles. The zero-order chi connectivity index (χ0) is 76.1. The van der Waals surface area contributed by atoms with Crippen LogP contribution in [-0.2, 0) is 55.3 Å². The van der Waals surface area contributed by atoms with E-state index in [1.165, 1.54) is 4.68 Å². The van der Waals surface area contributed by atoms with Crippen molar-refractivity contribution in [2.75, 3.05) is 62.7 Å². The van der Waals surface area contributed by atoms with E-state index < -0.39 is 41.4 Å². The van der Waals surface area contributed by atoms with Crippen LogP contribution < -0.4 is 54.5 Å². The van der Waals surface area contributed by atoms with Crippen molar-refractivity contribution in [3.8, 4) is 11.5 Å². The van der Waals surface area contributed by atoms with Crippen LogP contribution in [0.1, 0.15) is 124 Å². The molecule has 0 spiro atoms. The predicted octanol–water partition coefficient (Wildman–Crippen LogP) is 7.66. The molecule has 11 aromatic rings. The lowest BCUT2D eigenvalue weighted by molar-refractivity contribution is 0.0682. The van der Waals surface area contributed by atoms with Crippen molar-refractivity contribution in [3.63, 3.8) is 0 Å². The van der Waals surface area contributed by atoms with Gasteiger partial charge in [0.05, 0.1) is 63.4 Å². The van der Waals surface area contributed by atoms with E-state index >= 15 is 0 Å². The number of aryl methyl sites for hydroxylation is 6. The van der Waals surface area contributed by atoms with Gasteiger partial charge in [-0.25, -0.2) is 24.7 Å². The number of anilines is 4. The van der Waals surface area contributed by atoms with Gasteiger partial charge in [0.1, 0.15) is 39.6 Å². The van der Waals surface area contributed by atoms with Gasteiger partial charge in [-0.2, -0.15) is 15.3 Å². The fourth-order valence-corrected chi connectivity index (χ4v) is 12.7. The summed E-state index contributed by atoms with van der Waals surface area (Å²) in [4.78, 5) is 104. The average molecular weight is 1570 g/mol. The third-order valence-corrected chi connectivity index (χ3v) is 17.3. The Morgan fingerprint density at radius 1 is 0.448 bits per heavy atom. The number of aromatic carboxylic acids is 1. The largest absolute Gasteiger partial charge is 0.491 e. The van der Waals surface area contributed by atoms with Gasteiger partial charge < -0.3 is 76.7 Å². The number of carboxylic acid groups (broad SMARTS) is 1. The number of rotatable bonds is 30. The lowest BCUT2D eigenvalue weighted by Gasteiger charge is -2.13. The molecule has 0 radical (unpaired) electrons. The van der Waals surface area contributed by atoms with Crippen molar-refractivity contribution in [1.82, 2.24) is 67.5 Å². The van der Waals surface area contributed by atoms with Gasteiger partial charge in [-0.15, -0.1) is 0 Å². The first-order valence-corrected chi connectivity index (χ1v) is 34.5. The highest BCUT2D eigenvalue weighted by Crippen LogP contribution is 2.35. The van der Waals surface area contributed by atoms with Gasteiger partial charge in [-0.3, -0.25) is 53.4 Å². The summed E-state index contributed by atoms with van der Waals surface area (Å²) in [5, 5.41) is 27.3. The fourth-order valence-electron chi connectivity index (χ4n) is 11.4. The molecule has 0 unspecified atom stereocenters. The second kappa shape index (κ2) is 34.5. The van der Waals surface area contributed by atoms with Crippen molar-refractivity contribution in [2.45, 2.75) is 100 Å². The summed E-state index contributed by atoms with van der Waals surface area (Å²) in [6, 6.07) is 17.6. The number of nitrogen functional groups attached to an aromatic ring is 2. The highest BCUT2D eigenvalue weighted by molar-refractivity contribution is 9.11. The molecule has 0 fully saturated rings. The van der Waals surface area contributed by atoms with Crippen LogP contribution in [0.5, 0.6) is 11.5 Å². The van der Waals surface area contributed by atoms with Crippen LogP contribution >= 0.6 is 31.9 Å². The number of primary amides is 4. The maximum atomic E-state index is 13.7. The number of nitrogens with one attached hydrogen (secondary N) is 2. The number of amides is 6. The second-order valence-corrected chi connectivity index (χ2v) is 25.3. The minimum absolute atomic E-state index is 0.179. The topological polar surface area (TPSA) is 482 Å². The number of methoxy groups -OCH3 is 2. The first kappa shape index (κ1) is 77.4. The van der Waals surface area contributed by atoms with E-state index in [1.807, 2.05) is 45.1 Å². The molecule has 552 valence electrons. The number of ether oxygens (including phenoxy) is 4. The predicted molar refractivity (Wildman–Crippen MR) is 400 cm³/mol. The zero-order valence-electron chi connectivity index (χ0n) is 58.8. The number of allylic oxidation sites excluding steroid dienone is 4. The molecule has 36 heteroatoms. The first-order valence-electron chi connectivity index (χ1n) is 32.9. The molecule has 4 aromatic carbocycles. The SMILES string of the molecule is CCn1nc(C)cc1C(=O)Nc1nc2cc(C(N)=O)cc(Br)c2n1C/C=C/Cn1c(NC(=O)c2cc(C)nn2CC)nc2cc(C(N)=O)cc(OCCCOC)c21.CCn1nc(C)cc1C(=O)O.COCCCOc1cc(C(N)=O)cc2nc(N)n(C/C=C/Cn3c(N)nc4cc(C(N)=O)cc(Br)c43)c12. The molecule has 34 nitrogen and oxygen atoms in total. The number of aromatic nitrogens is 14. The van der Waals surface area contributed by atoms with E-state index in [1.54, 1.807) is 129 Å². The number of imidazole rings is 4. The summed E-state index contributed by atoms with van der Waals surface area (Å²) in [6.07, 6.45) is 8.77. The Bertz CT molecular complexity index is 5190. The van der Waals surface area contributed by atoms with E-state index in [4.69, 9.17) is 63.4 Å². The molecular formula is C69H80Br2N22O12. The number of hydrogen-bond donors (Lipinski definition) is 9. The molecule has 7 aromatic heterocycles. The molecule has 0 bridgehead atoms. The number of fused-ring (bicyclic) bond motifs is 4. The number of carboxylic acids is 1. The van der Waals surface area contributed by atoms with Gasteiger partial charge in [0.2, 0.25) is 47.4 Å². The minimum atomic E-state index is -0.924. The van der Waals surface area contributed by atoms with Gasteiger partial charge in [0, 0.05) is 117 Å². The highest BCUT2D eigenvalue weighted by atomic mass is 79.9. The highest BCUT2D eigenvalue weighted by Gasteiger charge is 2.25. The fraction of sp³-hybridized carbons (Fsp3) is 0.304. The Morgan fingerprint density at radius 2 is 0.762 bits per heavy atom. The number of nitrogens with two attached hydrogens (primary N) is 6.